The Bertz CT molecular complexity index is 1310. The van der Waals surface area contributed by atoms with Crippen molar-refractivity contribution in [2.45, 2.75) is 18.2 Å². The third-order valence-corrected chi connectivity index (χ3v) is 7.58. The largest absolute Gasteiger partial charge is 0.341 e. The maximum Gasteiger partial charge on any atom is 0.263 e. The average Bonchev–Trinajstić information content (AvgIpc) is 3.45. The number of carbonyl (C=O) groups excluding carboxylic acids is 1. The third kappa shape index (κ3) is 4.69. The molecule has 3 aromatic heterocycles. The van der Waals surface area contributed by atoms with Gasteiger partial charge in [-0.15, -0.1) is 29.3 Å². The average molecular weight is 486 g/mol. The minimum Gasteiger partial charge on any atom is -0.341 e. The van der Waals surface area contributed by atoms with Crippen LogP contribution in [-0.2, 0) is 17.9 Å². The van der Waals surface area contributed by atoms with Crippen LogP contribution >= 0.6 is 34.4 Å². The molecule has 1 amide bonds. The smallest absolute Gasteiger partial charge is 0.263 e. The lowest BCUT2D eigenvalue weighted by molar-refractivity contribution is -0.127. The predicted octanol–water partition coefficient (Wildman–Crippen LogP) is 5.26. The molecule has 0 N–H and O–H groups in total. The zero-order valence-electron chi connectivity index (χ0n) is 17.3. The number of rotatable bonds is 8. The second-order valence-electron chi connectivity index (χ2n) is 7.07. The van der Waals surface area contributed by atoms with E-state index in [0.29, 0.717) is 28.5 Å². The van der Waals surface area contributed by atoms with E-state index in [9.17, 15) is 14.0 Å². The van der Waals surface area contributed by atoms with Crippen LogP contribution < -0.4 is 5.56 Å². The summed E-state index contributed by atoms with van der Waals surface area (Å²) in [4.78, 5) is 33.9. The molecule has 0 saturated heterocycles. The molecule has 0 aliphatic carbocycles. The van der Waals surface area contributed by atoms with Gasteiger partial charge < -0.3 is 4.90 Å². The molecular formula is C23H20FN3O2S3. The maximum atomic E-state index is 13.3. The number of fused-ring (bicyclic) bond motifs is 1. The Labute approximate surface area is 196 Å². The number of benzene rings is 1. The molecule has 0 saturated carbocycles. The van der Waals surface area contributed by atoms with Crippen molar-refractivity contribution in [3.05, 3.63) is 81.5 Å². The van der Waals surface area contributed by atoms with E-state index < -0.39 is 0 Å². The zero-order chi connectivity index (χ0) is 22.7. The van der Waals surface area contributed by atoms with Gasteiger partial charge in [0.25, 0.3) is 5.56 Å². The van der Waals surface area contributed by atoms with Crippen LogP contribution in [0.3, 0.4) is 0 Å². The number of carbonyl (C=O) groups is 1. The summed E-state index contributed by atoms with van der Waals surface area (Å²) in [6, 6.07) is 10.0. The second kappa shape index (κ2) is 9.81. The Morgan fingerprint density at radius 2 is 2.06 bits per heavy atom. The number of thioether (sulfide) groups is 1. The van der Waals surface area contributed by atoms with Crippen LogP contribution in [-0.4, -0.2) is 33.2 Å². The first kappa shape index (κ1) is 22.4. The molecule has 1 aromatic carbocycles. The van der Waals surface area contributed by atoms with Crippen molar-refractivity contribution in [1.29, 1.82) is 0 Å². The monoisotopic (exact) mass is 485 g/mol. The number of amides is 1. The Kier molecular flexibility index (Phi) is 6.88. The van der Waals surface area contributed by atoms with E-state index in [-0.39, 0.29) is 23.0 Å². The maximum absolute atomic E-state index is 13.3. The Balaban J connectivity index is 1.56. The van der Waals surface area contributed by atoms with Crippen molar-refractivity contribution in [2.75, 3.05) is 12.8 Å². The highest BCUT2D eigenvalue weighted by Crippen LogP contribution is 2.34. The van der Waals surface area contributed by atoms with E-state index in [2.05, 4.69) is 6.58 Å². The quantitative estimate of drug-likeness (QED) is 0.194. The summed E-state index contributed by atoms with van der Waals surface area (Å²) >= 11 is 4.24. The fourth-order valence-corrected chi connectivity index (χ4v) is 5.96. The summed E-state index contributed by atoms with van der Waals surface area (Å²) in [6.45, 7) is 4.45. The molecule has 5 nitrogen and oxygen atoms in total. The van der Waals surface area contributed by atoms with Crippen LogP contribution in [0.4, 0.5) is 4.39 Å². The summed E-state index contributed by atoms with van der Waals surface area (Å²) in [6.07, 6.45) is 1.65. The van der Waals surface area contributed by atoms with Crippen LogP contribution in [0.15, 0.2) is 69.8 Å². The number of nitrogens with zero attached hydrogens (tertiary/aromatic N) is 3. The molecular weight excluding hydrogens is 465 g/mol. The van der Waals surface area contributed by atoms with Gasteiger partial charge in [0.1, 0.15) is 10.6 Å². The molecule has 0 atom stereocenters. The molecule has 0 fully saturated rings. The van der Waals surface area contributed by atoms with Crippen LogP contribution in [0.5, 0.6) is 0 Å². The van der Waals surface area contributed by atoms with Gasteiger partial charge in [0, 0.05) is 36.0 Å². The van der Waals surface area contributed by atoms with Crippen LogP contribution in [0, 0.1) is 5.82 Å². The second-order valence-corrected chi connectivity index (χ2v) is 9.82. The van der Waals surface area contributed by atoms with Crippen molar-refractivity contribution >= 4 is 50.6 Å². The van der Waals surface area contributed by atoms with E-state index >= 15 is 0 Å². The SMILES string of the molecule is C=CCn1c(SCC(=O)N(C)Cc2ccc(F)cc2)nc2scc(-c3cccs3)c2c1=O. The van der Waals surface area contributed by atoms with E-state index in [1.165, 1.54) is 35.2 Å². The summed E-state index contributed by atoms with van der Waals surface area (Å²) < 4.78 is 14.7. The number of aromatic nitrogens is 2. The number of halogens is 1. The minimum absolute atomic E-state index is 0.107. The molecule has 0 spiro atoms. The van der Waals surface area contributed by atoms with E-state index in [0.717, 1.165) is 16.0 Å². The third-order valence-electron chi connectivity index (χ3n) is 4.84. The number of hydrogen-bond acceptors (Lipinski definition) is 6. The van der Waals surface area contributed by atoms with Crippen LogP contribution in [0.1, 0.15) is 5.56 Å². The first-order chi connectivity index (χ1) is 15.5. The first-order valence-corrected chi connectivity index (χ1v) is 12.5. The topological polar surface area (TPSA) is 55.2 Å². The van der Waals surface area contributed by atoms with Crippen molar-refractivity contribution in [3.63, 3.8) is 0 Å². The number of thiophene rings is 2. The fourth-order valence-electron chi connectivity index (χ4n) is 3.21. The molecule has 0 unspecified atom stereocenters. The highest BCUT2D eigenvalue weighted by atomic mass is 32.2. The first-order valence-electron chi connectivity index (χ1n) is 9.76. The molecule has 3 heterocycles. The molecule has 0 aliphatic rings. The lowest BCUT2D eigenvalue weighted by atomic mass is 10.2. The lowest BCUT2D eigenvalue weighted by Gasteiger charge is -2.17. The summed E-state index contributed by atoms with van der Waals surface area (Å²) in [5.41, 5.74) is 1.60. The molecule has 0 radical (unpaired) electrons. The van der Waals surface area contributed by atoms with Gasteiger partial charge in [-0.1, -0.05) is 36.0 Å². The van der Waals surface area contributed by atoms with E-state index in [1.807, 2.05) is 22.9 Å². The molecule has 4 rings (SSSR count). The molecule has 0 aliphatic heterocycles. The predicted molar refractivity (Wildman–Crippen MR) is 131 cm³/mol. The molecule has 164 valence electrons. The summed E-state index contributed by atoms with van der Waals surface area (Å²) in [7, 11) is 1.70. The molecule has 9 heteroatoms. The van der Waals surface area contributed by atoms with Gasteiger partial charge in [0.2, 0.25) is 5.91 Å². The van der Waals surface area contributed by atoms with Gasteiger partial charge in [-0.3, -0.25) is 14.2 Å². The Hall–Kier alpha value is -2.75. The normalized spacial score (nSPS) is 11.1. The summed E-state index contributed by atoms with van der Waals surface area (Å²) in [5, 5.41) is 5.03. The van der Waals surface area contributed by atoms with Crippen LogP contribution in [0.25, 0.3) is 20.7 Å². The van der Waals surface area contributed by atoms with Crippen molar-refractivity contribution in [3.8, 4) is 10.4 Å². The highest BCUT2D eigenvalue weighted by molar-refractivity contribution is 7.99. The van der Waals surface area contributed by atoms with Gasteiger partial charge in [-0.25, -0.2) is 9.37 Å². The zero-order valence-corrected chi connectivity index (χ0v) is 19.7. The minimum atomic E-state index is -0.309. The number of hydrogen-bond donors (Lipinski definition) is 0. The molecule has 32 heavy (non-hydrogen) atoms. The molecule has 0 bridgehead atoms. The molecule has 4 aromatic rings. The van der Waals surface area contributed by atoms with Crippen molar-refractivity contribution in [1.82, 2.24) is 14.5 Å². The summed E-state index contributed by atoms with van der Waals surface area (Å²) in [5.74, 6) is -0.282. The van der Waals surface area contributed by atoms with Gasteiger partial charge in [0.05, 0.1) is 11.1 Å². The van der Waals surface area contributed by atoms with E-state index in [4.69, 9.17) is 4.98 Å². The Morgan fingerprint density at radius 1 is 1.28 bits per heavy atom. The van der Waals surface area contributed by atoms with E-state index in [1.54, 1.807) is 46.1 Å². The fraction of sp³-hybridized carbons (Fsp3) is 0.174. The van der Waals surface area contributed by atoms with Crippen LogP contribution in [0.2, 0.25) is 0 Å². The Morgan fingerprint density at radius 3 is 2.75 bits per heavy atom. The van der Waals surface area contributed by atoms with Gasteiger partial charge >= 0.3 is 0 Å². The van der Waals surface area contributed by atoms with Crippen molar-refractivity contribution in [2.24, 2.45) is 0 Å². The van der Waals surface area contributed by atoms with Gasteiger partial charge in [-0.05, 0) is 29.1 Å². The van der Waals surface area contributed by atoms with Gasteiger partial charge in [-0.2, -0.15) is 0 Å². The highest BCUT2D eigenvalue weighted by Gasteiger charge is 2.19. The lowest BCUT2D eigenvalue weighted by Crippen LogP contribution is -2.28. The van der Waals surface area contributed by atoms with Gasteiger partial charge in [0.15, 0.2) is 5.16 Å². The standard InChI is InChI=1S/C23H20FN3O2S3/c1-3-10-27-22(29)20-17(18-5-4-11-30-18)13-31-21(20)25-23(27)32-14-19(28)26(2)12-15-6-8-16(24)9-7-15/h3-9,11,13H,1,10,12,14H2,2H3. The number of allylic oxidation sites excluding steroid dienone is 1. The van der Waals surface area contributed by atoms with Crippen molar-refractivity contribution < 1.29 is 9.18 Å².